The van der Waals surface area contributed by atoms with Crippen molar-refractivity contribution < 1.29 is 0 Å². The van der Waals surface area contributed by atoms with Gasteiger partial charge < -0.3 is 4.90 Å². The Hall–Kier alpha value is -0.830. The van der Waals surface area contributed by atoms with Gasteiger partial charge in [-0.05, 0) is 24.8 Å². The van der Waals surface area contributed by atoms with Crippen LogP contribution in [-0.2, 0) is 0 Å². The number of rotatable bonds is 2. The van der Waals surface area contributed by atoms with Gasteiger partial charge in [-0.2, -0.15) is 0 Å². The fourth-order valence-corrected chi connectivity index (χ4v) is 2.15. The molecule has 0 amide bonds. The highest BCUT2D eigenvalue weighted by atomic mass is 35.5. The molecule has 1 aliphatic heterocycles. The van der Waals surface area contributed by atoms with Crippen molar-refractivity contribution in [3.8, 4) is 0 Å². The van der Waals surface area contributed by atoms with Crippen molar-refractivity contribution in [1.82, 2.24) is 9.97 Å². The van der Waals surface area contributed by atoms with Gasteiger partial charge in [-0.25, -0.2) is 9.97 Å². The Morgan fingerprint density at radius 3 is 2.80 bits per heavy atom. The van der Waals surface area contributed by atoms with Gasteiger partial charge in [0.15, 0.2) is 0 Å². The van der Waals surface area contributed by atoms with E-state index in [0.29, 0.717) is 5.15 Å². The Morgan fingerprint density at radius 1 is 1.47 bits per heavy atom. The summed E-state index contributed by atoms with van der Waals surface area (Å²) >= 11 is 5.84. The zero-order valence-corrected chi connectivity index (χ0v) is 9.74. The van der Waals surface area contributed by atoms with Crippen LogP contribution in [0.4, 0.5) is 5.95 Å². The number of hydrogen-bond donors (Lipinski definition) is 0. The molecule has 0 bridgehead atoms. The van der Waals surface area contributed by atoms with Crippen molar-refractivity contribution in [3.63, 3.8) is 0 Å². The quantitative estimate of drug-likeness (QED) is 0.725. The van der Waals surface area contributed by atoms with E-state index < -0.39 is 0 Å². The third kappa shape index (κ3) is 2.59. The van der Waals surface area contributed by atoms with E-state index in [1.54, 1.807) is 12.3 Å². The molecule has 1 aliphatic rings. The fourth-order valence-electron chi connectivity index (χ4n) is 2.02. The SMILES string of the molecule is CCC1CCN(c2nccc(Cl)n2)CC1. The minimum atomic E-state index is 0.526. The van der Waals surface area contributed by atoms with Crippen LogP contribution in [0.15, 0.2) is 12.3 Å². The Morgan fingerprint density at radius 2 is 2.20 bits per heavy atom. The van der Waals surface area contributed by atoms with Gasteiger partial charge in [-0.1, -0.05) is 24.9 Å². The molecule has 1 aromatic rings. The number of aromatic nitrogens is 2. The van der Waals surface area contributed by atoms with Gasteiger partial charge in [0.2, 0.25) is 5.95 Å². The predicted molar refractivity (Wildman–Crippen MR) is 62.3 cm³/mol. The van der Waals surface area contributed by atoms with Crippen LogP contribution in [-0.4, -0.2) is 23.1 Å². The van der Waals surface area contributed by atoms with E-state index in [9.17, 15) is 0 Å². The summed E-state index contributed by atoms with van der Waals surface area (Å²) in [7, 11) is 0. The summed E-state index contributed by atoms with van der Waals surface area (Å²) in [5.41, 5.74) is 0. The lowest BCUT2D eigenvalue weighted by Crippen LogP contribution is -2.34. The molecular weight excluding hydrogens is 210 g/mol. The molecule has 1 saturated heterocycles. The zero-order valence-electron chi connectivity index (χ0n) is 8.99. The molecule has 15 heavy (non-hydrogen) atoms. The summed E-state index contributed by atoms with van der Waals surface area (Å²) in [4.78, 5) is 10.7. The van der Waals surface area contributed by atoms with Crippen molar-refractivity contribution in [2.24, 2.45) is 5.92 Å². The Bertz CT molecular complexity index is 321. The summed E-state index contributed by atoms with van der Waals surface area (Å²) in [5.74, 6) is 1.65. The maximum absolute atomic E-state index is 5.84. The highest BCUT2D eigenvalue weighted by Gasteiger charge is 2.19. The van der Waals surface area contributed by atoms with E-state index in [-0.39, 0.29) is 0 Å². The summed E-state index contributed by atoms with van der Waals surface area (Å²) in [6, 6.07) is 1.71. The number of hydrogen-bond acceptors (Lipinski definition) is 3. The van der Waals surface area contributed by atoms with Crippen molar-refractivity contribution in [3.05, 3.63) is 17.4 Å². The molecular formula is C11H16ClN3. The average Bonchev–Trinajstić information content (AvgIpc) is 2.29. The van der Waals surface area contributed by atoms with Gasteiger partial charge in [-0.3, -0.25) is 0 Å². The van der Waals surface area contributed by atoms with Gasteiger partial charge in [0.1, 0.15) is 5.15 Å². The molecule has 0 aromatic carbocycles. The van der Waals surface area contributed by atoms with Gasteiger partial charge in [-0.15, -0.1) is 0 Å². The summed E-state index contributed by atoms with van der Waals surface area (Å²) < 4.78 is 0. The normalized spacial score (nSPS) is 18.1. The molecule has 0 spiro atoms. The first-order valence-corrected chi connectivity index (χ1v) is 5.91. The Balaban J connectivity index is 2.01. The van der Waals surface area contributed by atoms with Crippen molar-refractivity contribution in [2.45, 2.75) is 26.2 Å². The maximum Gasteiger partial charge on any atom is 0.226 e. The van der Waals surface area contributed by atoms with E-state index in [2.05, 4.69) is 21.8 Å². The third-order valence-corrected chi connectivity index (χ3v) is 3.29. The molecule has 0 aliphatic carbocycles. The van der Waals surface area contributed by atoms with Crippen LogP contribution < -0.4 is 4.90 Å². The zero-order chi connectivity index (χ0) is 10.7. The van der Waals surface area contributed by atoms with E-state index in [1.807, 2.05) is 0 Å². The number of nitrogens with zero attached hydrogens (tertiary/aromatic N) is 3. The molecule has 0 radical (unpaired) electrons. The summed E-state index contributed by atoms with van der Waals surface area (Å²) in [6.07, 6.45) is 5.49. The highest BCUT2D eigenvalue weighted by molar-refractivity contribution is 6.29. The standard InChI is InChI=1S/C11H16ClN3/c1-2-9-4-7-15(8-5-9)11-13-6-3-10(12)14-11/h3,6,9H,2,4-5,7-8H2,1H3. The average molecular weight is 226 g/mol. The van der Waals surface area contributed by atoms with Crippen molar-refractivity contribution in [1.29, 1.82) is 0 Å². The number of piperidine rings is 1. The smallest absolute Gasteiger partial charge is 0.226 e. The molecule has 0 atom stereocenters. The topological polar surface area (TPSA) is 29.0 Å². The van der Waals surface area contributed by atoms with Crippen LogP contribution in [0.5, 0.6) is 0 Å². The minimum Gasteiger partial charge on any atom is -0.341 e. The molecule has 2 rings (SSSR count). The molecule has 4 heteroatoms. The second-order valence-electron chi connectivity index (χ2n) is 4.02. The fraction of sp³-hybridized carbons (Fsp3) is 0.636. The summed E-state index contributed by atoms with van der Waals surface area (Å²) in [6.45, 7) is 4.37. The first-order chi connectivity index (χ1) is 7.29. The third-order valence-electron chi connectivity index (χ3n) is 3.08. The van der Waals surface area contributed by atoms with Crippen LogP contribution >= 0.6 is 11.6 Å². The van der Waals surface area contributed by atoms with E-state index >= 15 is 0 Å². The largest absolute Gasteiger partial charge is 0.341 e. The highest BCUT2D eigenvalue weighted by Crippen LogP contribution is 2.22. The monoisotopic (exact) mass is 225 g/mol. The van der Waals surface area contributed by atoms with Gasteiger partial charge in [0.05, 0.1) is 0 Å². The van der Waals surface area contributed by atoms with E-state index in [1.165, 1.54) is 19.3 Å². The second-order valence-corrected chi connectivity index (χ2v) is 4.41. The number of halogens is 1. The van der Waals surface area contributed by atoms with Crippen molar-refractivity contribution in [2.75, 3.05) is 18.0 Å². The Labute approximate surface area is 95.5 Å². The second kappa shape index (κ2) is 4.79. The van der Waals surface area contributed by atoms with Crippen LogP contribution in [0.2, 0.25) is 5.15 Å². The Kier molecular flexibility index (Phi) is 3.41. The van der Waals surface area contributed by atoms with Crippen LogP contribution in [0.25, 0.3) is 0 Å². The van der Waals surface area contributed by atoms with E-state index in [0.717, 1.165) is 25.0 Å². The lowest BCUT2D eigenvalue weighted by Gasteiger charge is -2.31. The predicted octanol–water partition coefficient (Wildman–Crippen LogP) is 2.76. The molecule has 0 N–H and O–H groups in total. The lowest BCUT2D eigenvalue weighted by atomic mass is 9.95. The van der Waals surface area contributed by atoms with Gasteiger partial charge in [0, 0.05) is 19.3 Å². The molecule has 1 aromatic heterocycles. The minimum absolute atomic E-state index is 0.526. The van der Waals surface area contributed by atoms with Crippen LogP contribution in [0.3, 0.4) is 0 Å². The lowest BCUT2D eigenvalue weighted by molar-refractivity contribution is 0.392. The van der Waals surface area contributed by atoms with E-state index in [4.69, 9.17) is 11.6 Å². The number of anilines is 1. The molecule has 3 nitrogen and oxygen atoms in total. The van der Waals surface area contributed by atoms with Crippen molar-refractivity contribution >= 4 is 17.5 Å². The first-order valence-electron chi connectivity index (χ1n) is 5.53. The first kappa shape index (κ1) is 10.7. The summed E-state index contributed by atoms with van der Waals surface area (Å²) in [5, 5.41) is 0.526. The molecule has 82 valence electrons. The van der Waals surface area contributed by atoms with Gasteiger partial charge >= 0.3 is 0 Å². The molecule has 0 saturated carbocycles. The van der Waals surface area contributed by atoms with Crippen LogP contribution in [0, 0.1) is 5.92 Å². The molecule has 0 unspecified atom stereocenters. The maximum atomic E-state index is 5.84. The van der Waals surface area contributed by atoms with Gasteiger partial charge in [0.25, 0.3) is 0 Å². The molecule has 2 heterocycles. The molecule has 1 fully saturated rings. The van der Waals surface area contributed by atoms with Crippen LogP contribution in [0.1, 0.15) is 26.2 Å².